The number of hydrogen-bond acceptors (Lipinski definition) is 3. The highest BCUT2D eigenvalue weighted by atomic mass is 16.3. The van der Waals surface area contributed by atoms with Crippen molar-refractivity contribution < 1.29 is 5.11 Å². The van der Waals surface area contributed by atoms with E-state index in [0.29, 0.717) is 12.1 Å². The smallest absolute Gasteiger partial charge is 0.0599 e. The van der Waals surface area contributed by atoms with Gasteiger partial charge in [0.2, 0.25) is 0 Å². The Hall–Kier alpha value is -0.120. The number of rotatable bonds is 1. The van der Waals surface area contributed by atoms with Crippen LogP contribution in [0.15, 0.2) is 0 Å². The molecule has 0 aromatic carbocycles. The highest BCUT2D eigenvalue weighted by Gasteiger charge is 2.20. The summed E-state index contributed by atoms with van der Waals surface area (Å²) in [5.74, 6) is 0. The van der Waals surface area contributed by atoms with Gasteiger partial charge in [-0.1, -0.05) is 0 Å². The Labute approximate surface area is 62.0 Å². The Morgan fingerprint density at radius 2 is 2.40 bits per heavy atom. The molecule has 0 bridgehead atoms. The SMILES string of the molecule is C[C@@H]1CN(C)[C@H](CO)CN1. The monoisotopic (exact) mass is 144 g/mol. The van der Waals surface area contributed by atoms with Gasteiger partial charge in [-0.25, -0.2) is 0 Å². The molecular formula is C7H16N2O. The lowest BCUT2D eigenvalue weighted by atomic mass is 10.1. The molecule has 1 aliphatic rings. The molecule has 1 aliphatic heterocycles. The molecule has 2 atom stereocenters. The van der Waals surface area contributed by atoms with Crippen LogP contribution in [0.1, 0.15) is 6.92 Å². The Kier molecular flexibility index (Phi) is 2.65. The largest absolute Gasteiger partial charge is 0.395 e. The van der Waals surface area contributed by atoms with Crippen molar-refractivity contribution in [3.63, 3.8) is 0 Å². The molecule has 2 N–H and O–H groups in total. The summed E-state index contributed by atoms with van der Waals surface area (Å²) in [6.07, 6.45) is 0. The van der Waals surface area contributed by atoms with Gasteiger partial charge in [0.1, 0.15) is 0 Å². The van der Waals surface area contributed by atoms with Crippen LogP contribution in [0.2, 0.25) is 0 Å². The van der Waals surface area contributed by atoms with Crippen LogP contribution in [0.25, 0.3) is 0 Å². The first kappa shape index (κ1) is 7.98. The molecule has 1 rings (SSSR count). The maximum Gasteiger partial charge on any atom is 0.0599 e. The predicted molar refractivity (Wildman–Crippen MR) is 41.0 cm³/mol. The van der Waals surface area contributed by atoms with E-state index in [0.717, 1.165) is 13.1 Å². The normalized spacial score (nSPS) is 36.3. The van der Waals surface area contributed by atoms with E-state index in [1.54, 1.807) is 0 Å². The van der Waals surface area contributed by atoms with E-state index in [9.17, 15) is 0 Å². The Bertz CT molecular complexity index is 108. The zero-order chi connectivity index (χ0) is 7.56. The standard InChI is InChI=1S/C7H16N2O/c1-6-4-9(2)7(5-10)3-8-6/h6-8,10H,3-5H2,1-2H3/t6-,7+/m1/s1. The molecule has 0 radical (unpaired) electrons. The minimum absolute atomic E-state index is 0.260. The summed E-state index contributed by atoms with van der Waals surface area (Å²) in [5, 5.41) is 12.2. The van der Waals surface area contributed by atoms with Crippen molar-refractivity contribution in [1.82, 2.24) is 10.2 Å². The summed E-state index contributed by atoms with van der Waals surface area (Å²) in [5.41, 5.74) is 0. The molecule has 0 saturated carbocycles. The second kappa shape index (κ2) is 3.32. The van der Waals surface area contributed by atoms with Crippen LogP contribution in [-0.2, 0) is 0 Å². The second-order valence-corrected chi connectivity index (χ2v) is 3.09. The van der Waals surface area contributed by atoms with Gasteiger partial charge in [0.25, 0.3) is 0 Å². The van der Waals surface area contributed by atoms with Crippen molar-refractivity contribution in [2.24, 2.45) is 0 Å². The summed E-state index contributed by atoms with van der Waals surface area (Å²) in [4.78, 5) is 2.20. The van der Waals surface area contributed by atoms with E-state index in [1.807, 2.05) is 0 Å². The molecule has 3 heteroatoms. The lowest BCUT2D eigenvalue weighted by Crippen LogP contribution is -2.55. The average Bonchev–Trinajstić information content (AvgIpc) is 1.88. The Morgan fingerprint density at radius 1 is 1.70 bits per heavy atom. The number of aliphatic hydroxyl groups is 1. The summed E-state index contributed by atoms with van der Waals surface area (Å²) in [7, 11) is 2.05. The summed E-state index contributed by atoms with van der Waals surface area (Å²) in [6.45, 7) is 4.36. The zero-order valence-electron chi connectivity index (χ0n) is 6.67. The van der Waals surface area contributed by atoms with Crippen LogP contribution in [0, 0.1) is 0 Å². The lowest BCUT2D eigenvalue weighted by molar-refractivity contribution is 0.107. The Morgan fingerprint density at radius 3 is 2.90 bits per heavy atom. The van der Waals surface area contributed by atoms with Gasteiger partial charge in [-0.2, -0.15) is 0 Å². The molecule has 0 aromatic heterocycles. The number of likely N-dealkylation sites (N-methyl/N-ethyl adjacent to an activating group) is 1. The van der Waals surface area contributed by atoms with Crippen molar-refractivity contribution in [3.05, 3.63) is 0 Å². The van der Waals surface area contributed by atoms with Crippen LogP contribution in [0.3, 0.4) is 0 Å². The molecular weight excluding hydrogens is 128 g/mol. The fourth-order valence-electron chi connectivity index (χ4n) is 1.34. The van der Waals surface area contributed by atoms with E-state index < -0.39 is 0 Å². The first-order valence-corrected chi connectivity index (χ1v) is 3.78. The van der Waals surface area contributed by atoms with Crippen molar-refractivity contribution >= 4 is 0 Å². The number of nitrogens with zero attached hydrogens (tertiary/aromatic N) is 1. The number of piperazine rings is 1. The highest BCUT2D eigenvalue weighted by Crippen LogP contribution is 2.02. The first-order valence-electron chi connectivity index (χ1n) is 3.78. The third-order valence-corrected chi connectivity index (χ3v) is 2.10. The summed E-state index contributed by atoms with van der Waals surface area (Å²) in [6, 6.07) is 0.879. The molecule has 0 unspecified atom stereocenters. The van der Waals surface area contributed by atoms with Gasteiger partial charge in [-0.15, -0.1) is 0 Å². The molecule has 0 amide bonds. The number of nitrogens with one attached hydrogen (secondary N) is 1. The van der Waals surface area contributed by atoms with Crippen molar-refractivity contribution in [1.29, 1.82) is 0 Å². The van der Waals surface area contributed by atoms with Gasteiger partial charge in [0.15, 0.2) is 0 Å². The third-order valence-electron chi connectivity index (χ3n) is 2.10. The van der Waals surface area contributed by atoms with Crippen LogP contribution < -0.4 is 5.32 Å². The lowest BCUT2D eigenvalue weighted by Gasteiger charge is -2.35. The molecule has 1 saturated heterocycles. The fraction of sp³-hybridized carbons (Fsp3) is 1.00. The van der Waals surface area contributed by atoms with Crippen LogP contribution in [-0.4, -0.2) is 48.8 Å². The fourth-order valence-corrected chi connectivity index (χ4v) is 1.34. The van der Waals surface area contributed by atoms with E-state index in [2.05, 4.69) is 24.2 Å². The average molecular weight is 144 g/mol. The topological polar surface area (TPSA) is 35.5 Å². The highest BCUT2D eigenvalue weighted by molar-refractivity contribution is 4.80. The van der Waals surface area contributed by atoms with Gasteiger partial charge in [0, 0.05) is 25.2 Å². The van der Waals surface area contributed by atoms with Crippen LogP contribution >= 0.6 is 0 Å². The van der Waals surface area contributed by atoms with E-state index in [1.165, 1.54) is 0 Å². The molecule has 0 spiro atoms. The molecule has 1 fully saturated rings. The summed E-state index contributed by atoms with van der Waals surface area (Å²) >= 11 is 0. The van der Waals surface area contributed by atoms with Crippen LogP contribution in [0.4, 0.5) is 0 Å². The van der Waals surface area contributed by atoms with Crippen LogP contribution in [0.5, 0.6) is 0 Å². The molecule has 60 valence electrons. The number of hydrogen-bond donors (Lipinski definition) is 2. The van der Waals surface area contributed by atoms with E-state index >= 15 is 0 Å². The van der Waals surface area contributed by atoms with E-state index in [4.69, 9.17) is 5.11 Å². The molecule has 10 heavy (non-hydrogen) atoms. The van der Waals surface area contributed by atoms with Gasteiger partial charge < -0.3 is 10.4 Å². The second-order valence-electron chi connectivity index (χ2n) is 3.09. The molecule has 0 aromatic rings. The maximum atomic E-state index is 8.87. The van der Waals surface area contributed by atoms with Gasteiger partial charge in [-0.05, 0) is 14.0 Å². The molecule has 0 aliphatic carbocycles. The van der Waals surface area contributed by atoms with Crippen molar-refractivity contribution in [3.8, 4) is 0 Å². The minimum Gasteiger partial charge on any atom is -0.395 e. The first-order chi connectivity index (χ1) is 4.74. The summed E-state index contributed by atoms with van der Waals surface area (Å²) < 4.78 is 0. The van der Waals surface area contributed by atoms with Gasteiger partial charge >= 0.3 is 0 Å². The van der Waals surface area contributed by atoms with Gasteiger partial charge in [-0.3, -0.25) is 4.90 Å². The maximum absolute atomic E-state index is 8.87. The van der Waals surface area contributed by atoms with Crippen molar-refractivity contribution in [2.75, 3.05) is 26.7 Å². The van der Waals surface area contributed by atoms with E-state index in [-0.39, 0.29) is 6.61 Å². The quantitative estimate of drug-likeness (QED) is 0.509. The molecule has 3 nitrogen and oxygen atoms in total. The minimum atomic E-state index is 0.260. The number of aliphatic hydroxyl groups excluding tert-OH is 1. The third kappa shape index (κ3) is 1.68. The predicted octanol–water partition coefficient (Wildman–Crippen LogP) is -0.729. The molecule has 1 heterocycles. The van der Waals surface area contributed by atoms with Crippen molar-refractivity contribution in [2.45, 2.75) is 19.0 Å². The zero-order valence-corrected chi connectivity index (χ0v) is 6.67. The van der Waals surface area contributed by atoms with Gasteiger partial charge in [0.05, 0.1) is 6.61 Å². The Balaban J connectivity index is 2.36.